The van der Waals surface area contributed by atoms with E-state index in [1.54, 1.807) is 0 Å². The van der Waals surface area contributed by atoms with Gasteiger partial charge in [0.2, 0.25) is 11.8 Å². The zero-order valence-corrected chi connectivity index (χ0v) is 17.8. The lowest BCUT2D eigenvalue weighted by Gasteiger charge is -2.35. The molecule has 2 fully saturated rings. The number of carbonyl (C=O) groups is 3. The van der Waals surface area contributed by atoms with E-state index in [1.165, 1.54) is 4.90 Å². The van der Waals surface area contributed by atoms with E-state index >= 15 is 0 Å². The highest BCUT2D eigenvalue weighted by Gasteiger charge is 2.48. The van der Waals surface area contributed by atoms with E-state index in [2.05, 4.69) is 23.8 Å². The average Bonchev–Trinajstić information content (AvgIpc) is 2.95. The Morgan fingerprint density at radius 2 is 1.66 bits per heavy atom. The van der Waals surface area contributed by atoms with E-state index in [1.807, 2.05) is 12.2 Å². The van der Waals surface area contributed by atoms with Gasteiger partial charge in [-0.05, 0) is 26.3 Å². The molecule has 162 valence electrons. The van der Waals surface area contributed by atoms with Crippen LogP contribution in [-0.2, 0) is 19.1 Å². The predicted octanol–water partition coefficient (Wildman–Crippen LogP) is 1.68. The van der Waals surface area contributed by atoms with Crippen molar-refractivity contribution < 1.29 is 19.1 Å². The summed E-state index contributed by atoms with van der Waals surface area (Å²) >= 11 is 0. The van der Waals surface area contributed by atoms with Gasteiger partial charge in [0.05, 0.1) is 18.4 Å². The smallest absolute Gasteiger partial charge is 0.306 e. The van der Waals surface area contributed by atoms with Crippen LogP contribution in [0.5, 0.6) is 0 Å². The fraction of sp³-hybridized carbons (Fsp3) is 0.773. The average molecular weight is 406 g/mol. The largest absolute Gasteiger partial charge is 0.459 e. The van der Waals surface area contributed by atoms with Crippen LogP contribution in [-0.4, -0.2) is 84.9 Å². The van der Waals surface area contributed by atoms with E-state index in [4.69, 9.17) is 4.74 Å². The number of fused-ring (bicyclic) bond motifs is 1. The fourth-order valence-electron chi connectivity index (χ4n) is 4.47. The van der Waals surface area contributed by atoms with Gasteiger partial charge in [0.25, 0.3) is 0 Å². The second kappa shape index (κ2) is 10.3. The predicted molar refractivity (Wildman–Crippen MR) is 110 cm³/mol. The number of allylic oxidation sites excluding steroid dienone is 2. The molecule has 29 heavy (non-hydrogen) atoms. The van der Waals surface area contributed by atoms with E-state index in [-0.39, 0.29) is 36.2 Å². The van der Waals surface area contributed by atoms with Crippen LogP contribution >= 0.6 is 0 Å². The minimum atomic E-state index is -0.464. The van der Waals surface area contributed by atoms with Gasteiger partial charge >= 0.3 is 5.97 Å². The third-order valence-corrected chi connectivity index (χ3v) is 6.33. The minimum Gasteiger partial charge on any atom is -0.459 e. The molecule has 0 aromatic carbocycles. The highest BCUT2D eigenvalue weighted by atomic mass is 16.5. The van der Waals surface area contributed by atoms with Crippen molar-refractivity contribution in [1.29, 1.82) is 0 Å². The van der Waals surface area contributed by atoms with E-state index in [9.17, 15) is 14.4 Å². The molecule has 0 aromatic rings. The molecule has 2 saturated heterocycles. The lowest BCUT2D eigenvalue weighted by molar-refractivity contribution is -0.155. The summed E-state index contributed by atoms with van der Waals surface area (Å²) in [6, 6.07) is 0. The summed E-state index contributed by atoms with van der Waals surface area (Å²) in [6.45, 7) is 6.58. The number of imide groups is 1. The van der Waals surface area contributed by atoms with Crippen molar-refractivity contribution in [3.63, 3.8) is 0 Å². The standard InChI is InChI=1S/C22H35N3O4/c1-3-4-5-10-20(26)29-17(15-24-13-11-23(2)12-14-24)16-25-21(27)18-8-6-7-9-19(18)22(25)28/h6-7,17-19H,3-5,8-16H2,1-2H3/t17?,18-,19+. The number of rotatable bonds is 9. The second-order valence-corrected chi connectivity index (χ2v) is 8.62. The maximum Gasteiger partial charge on any atom is 0.306 e. The van der Waals surface area contributed by atoms with Crippen LogP contribution in [0.1, 0.15) is 45.4 Å². The Morgan fingerprint density at radius 3 is 2.24 bits per heavy atom. The molecule has 0 N–H and O–H groups in total. The van der Waals surface area contributed by atoms with Crippen LogP contribution in [0.3, 0.4) is 0 Å². The SMILES string of the molecule is CCCCCC(=O)OC(CN1CCN(C)CC1)CN1C(=O)[C@H]2CC=CC[C@H]2C1=O. The minimum absolute atomic E-state index is 0.102. The molecule has 3 aliphatic rings. The van der Waals surface area contributed by atoms with Crippen molar-refractivity contribution in [3.8, 4) is 0 Å². The number of likely N-dealkylation sites (N-methyl/N-ethyl adjacent to an activating group) is 1. The van der Waals surface area contributed by atoms with Gasteiger partial charge in [0, 0.05) is 39.1 Å². The summed E-state index contributed by atoms with van der Waals surface area (Å²) in [4.78, 5) is 43.9. The Bertz CT molecular complexity index is 602. The maximum absolute atomic E-state index is 12.8. The second-order valence-electron chi connectivity index (χ2n) is 8.62. The molecule has 3 atom stereocenters. The number of unbranched alkanes of at least 4 members (excludes halogenated alkanes) is 2. The van der Waals surface area contributed by atoms with Gasteiger partial charge in [0.15, 0.2) is 0 Å². The fourth-order valence-corrected chi connectivity index (χ4v) is 4.47. The molecule has 2 aliphatic heterocycles. The van der Waals surface area contributed by atoms with Gasteiger partial charge in [-0.15, -0.1) is 0 Å². The van der Waals surface area contributed by atoms with Crippen molar-refractivity contribution in [1.82, 2.24) is 14.7 Å². The first-order chi connectivity index (χ1) is 14.0. The summed E-state index contributed by atoms with van der Waals surface area (Å²) in [5, 5.41) is 0. The topological polar surface area (TPSA) is 70.2 Å². The molecule has 0 radical (unpaired) electrons. The first-order valence-corrected chi connectivity index (χ1v) is 11.1. The number of piperazine rings is 1. The maximum atomic E-state index is 12.8. The molecule has 2 heterocycles. The Hall–Kier alpha value is -1.73. The molecule has 3 rings (SSSR count). The monoisotopic (exact) mass is 405 g/mol. The first kappa shape index (κ1) is 22.0. The number of carbonyl (C=O) groups excluding carboxylic acids is 3. The number of hydrogen-bond acceptors (Lipinski definition) is 6. The van der Waals surface area contributed by atoms with Gasteiger partial charge < -0.3 is 9.64 Å². The normalized spacial score (nSPS) is 26.6. The van der Waals surface area contributed by atoms with Crippen LogP contribution in [0.2, 0.25) is 0 Å². The summed E-state index contributed by atoms with van der Waals surface area (Å²) in [7, 11) is 2.10. The number of ether oxygens (including phenoxy) is 1. The summed E-state index contributed by atoms with van der Waals surface area (Å²) in [5.41, 5.74) is 0. The van der Waals surface area contributed by atoms with Gasteiger partial charge in [-0.3, -0.25) is 24.2 Å². The molecule has 0 spiro atoms. The zero-order valence-electron chi connectivity index (χ0n) is 17.8. The van der Waals surface area contributed by atoms with Crippen LogP contribution in [0.15, 0.2) is 12.2 Å². The van der Waals surface area contributed by atoms with E-state index in [0.29, 0.717) is 25.8 Å². The van der Waals surface area contributed by atoms with Gasteiger partial charge in [-0.2, -0.15) is 0 Å². The van der Waals surface area contributed by atoms with Crippen molar-refractivity contribution in [3.05, 3.63) is 12.2 Å². The summed E-state index contributed by atoms with van der Waals surface area (Å²) in [6.07, 6.45) is 8.03. The number of hydrogen-bond donors (Lipinski definition) is 0. The highest BCUT2D eigenvalue weighted by molar-refractivity contribution is 6.05. The molecular weight excluding hydrogens is 370 g/mol. The third kappa shape index (κ3) is 5.66. The molecule has 1 aliphatic carbocycles. The molecule has 7 nitrogen and oxygen atoms in total. The van der Waals surface area contributed by atoms with Crippen molar-refractivity contribution in [2.45, 2.75) is 51.6 Å². The van der Waals surface area contributed by atoms with Crippen LogP contribution < -0.4 is 0 Å². The van der Waals surface area contributed by atoms with Crippen molar-refractivity contribution in [2.75, 3.05) is 46.3 Å². The first-order valence-electron chi connectivity index (χ1n) is 11.1. The molecule has 1 unspecified atom stereocenters. The molecule has 7 heteroatoms. The number of esters is 1. The summed E-state index contributed by atoms with van der Waals surface area (Å²) < 4.78 is 5.78. The Morgan fingerprint density at radius 1 is 1.03 bits per heavy atom. The lowest BCUT2D eigenvalue weighted by Crippen LogP contribution is -2.50. The number of nitrogens with zero attached hydrogens (tertiary/aromatic N) is 3. The molecule has 0 saturated carbocycles. The van der Waals surface area contributed by atoms with Crippen LogP contribution in [0.25, 0.3) is 0 Å². The molecule has 0 aromatic heterocycles. The van der Waals surface area contributed by atoms with Gasteiger partial charge in [0.1, 0.15) is 6.10 Å². The highest BCUT2D eigenvalue weighted by Crippen LogP contribution is 2.35. The van der Waals surface area contributed by atoms with Gasteiger partial charge in [-0.25, -0.2) is 0 Å². The zero-order chi connectivity index (χ0) is 20.8. The Kier molecular flexibility index (Phi) is 7.84. The van der Waals surface area contributed by atoms with Gasteiger partial charge in [-0.1, -0.05) is 31.9 Å². The lowest BCUT2D eigenvalue weighted by atomic mass is 9.85. The van der Waals surface area contributed by atoms with E-state index in [0.717, 1.165) is 45.4 Å². The molecular formula is C22H35N3O4. The molecule has 0 bridgehead atoms. The summed E-state index contributed by atoms with van der Waals surface area (Å²) in [5.74, 6) is -0.908. The van der Waals surface area contributed by atoms with Crippen molar-refractivity contribution >= 4 is 17.8 Å². The van der Waals surface area contributed by atoms with Crippen LogP contribution in [0.4, 0.5) is 0 Å². The third-order valence-electron chi connectivity index (χ3n) is 6.33. The van der Waals surface area contributed by atoms with Crippen molar-refractivity contribution in [2.24, 2.45) is 11.8 Å². The van der Waals surface area contributed by atoms with E-state index < -0.39 is 6.10 Å². The quantitative estimate of drug-likeness (QED) is 0.252. The Balaban J connectivity index is 1.63. The Labute approximate surface area is 174 Å². The number of amides is 2. The molecule has 2 amide bonds. The number of likely N-dealkylation sites (tertiary alicyclic amines) is 1. The van der Waals surface area contributed by atoms with Crippen LogP contribution in [0, 0.1) is 11.8 Å².